The zero-order chi connectivity index (χ0) is 19.1. The van der Waals surface area contributed by atoms with Crippen molar-refractivity contribution in [2.75, 3.05) is 0 Å². The van der Waals surface area contributed by atoms with Crippen molar-refractivity contribution in [2.24, 2.45) is 0 Å². The first-order valence-electron chi connectivity index (χ1n) is 7.41. The van der Waals surface area contributed by atoms with Crippen LogP contribution in [0.2, 0.25) is 0 Å². The highest BCUT2D eigenvalue weighted by Gasteiger charge is 2.24. The van der Waals surface area contributed by atoms with Crippen LogP contribution in [0.4, 0.5) is 5.69 Å². The standard InChI is InChI=1S/C17H13NO7S/c1-10-7-13(18(20)21)8-16(11(10)2)26(22,23)25-14-5-3-12-4-6-17(19)24-15(12)9-14/h3-9H,1-2H3. The molecule has 0 N–H and O–H groups in total. The van der Waals surface area contributed by atoms with Gasteiger partial charge in [0.15, 0.2) is 0 Å². The van der Waals surface area contributed by atoms with Gasteiger partial charge >= 0.3 is 15.7 Å². The van der Waals surface area contributed by atoms with E-state index >= 15 is 0 Å². The lowest BCUT2D eigenvalue weighted by Gasteiger charge is -2.11. The molecule has 2 aromatic carbocycles. The largest absolute Gasteiger partial charge is 0.423 e. The second kappa shape index (κ2) is 6.26. The topological polar surface area (TPSA) is 117 Å². The van der Waals surface area contributed by atoms with Gasteiger partial charge in [-0.25, -0.2) is 4.79 Å². The molecule has 0 atom stereocenters. The molecule has 0 saturated carbocycles. The van der Waals surface area contributed by atoms with Gasteiger partial charge in [-0.3, -0.25) is 10.1 Å². The first-order valence-corrected chi connectivity index (χ1v) is 8.82. The van der Waals surface area contributed by atoms with E-state index < -0.39 is 20.7 Å². The van der Waals surface area contributed by atoms with Gasteiger partial charge in [-0.15, -0.1) is 0 Å². The van der Waals surface area contributed by atoms with Crippen LogP contribution in [-0.4, -0.2) is 13.3 Å². The van der Waals surface area contributed by atoms with E-state index in [0.29, 0.717) is 16.5 Å². The fourth-order valence-corrected chi connectivity index (χ4v) is 3.69. The number of aryl methyl sites for hydroxylation is 1. The minimum absolute atomic E-state index is 0.0737. The molecule has 0 spiro atoms. The van der Waals surface area contributed by atoms with E-state index in [9.17, 15) is 23.3 Å². The van der Waals surface area contributed by atoms with E-state index in [-0.39, 0.29) is 21.9 Å². The predicted molar refractivity (Wildman–Crippen MR) is 92.9 cm³/mol. The molecular weight excluding hydrogens is 362 g/mol. The summed E-state index contributed by atoms with van der Waals surface area (Å²) in [5, 5.41) is 11.6. The third-order valence-electron chi connectivity index (χ3n) is 3.89. The molecule has 0 aliphatic rings. The fraction of sp³-hybridized carbons (Fsp3) is 0.118. The first kappa shape index (κ1) is 17.6. The van der Waals surface area contributed by atoms with Crippen LogP contribution in [0.3, 0.4) is 0 Å². The second-order valence-corrected chi connectivity index (χ2v) is 7.15. The molecule has 0 aliphatic heterocycles. The lowest BCUT2D eigenvalue weighted by Crippen LogP contribution is -2.12. The lowest BCUT2D eigenvalue weighted by atomic mass is 10.1. The summed E-state index contributed by atoms with van der Waals surface area (Å²) in [4.78, 5) is 21.3. The van der Waals surface area contributed by atoms with Crippen molar-refractivity contribution in [3.8, 4) is 5.75 Å². The van der Waals surface area contributed by atoms with Crippen LogP contribution in [0.1, 0.15) is 11.1 Å². The Morgan fingerprint density at radius 2 is 1.77 bits per heavy atom. The summed E-state index contributed by atoms with van der Waals surface area (Å²) in [6.45, 7) is 3.11. The highest BCUT2D eigenvalue weighted by atomic mass is 32.2. The van der Waals surface area contributed by atoms with E-state index in [1.165, 1.54) is 43.3 Å². The summed E-state index contributed by atoms with van der Waals surface area (Å²) in [5.41, 5.74) is 0.0355. The molecule has 134 valence electrons. The van der Waals surface area contributed by atoms with Gasteiger partial charge in [-0.1, -0.05) is 0 Å². The van der Waals surface area contributed by atoms with Gasteiger partial charge in [0.25, 0.3) is 5.69 Å². The monoisotopic (exact) mass is 375 g/mol. The molecule has 1 aromatic heterocycles. The normalized spacial score (nSPS) is 11.5. The van der Waals surface area contributed by atoms with Crippen molar-refractivity contribution in [3.63, 3.8) is 0 Å². The van der Waals surface area contributed by atoms with E-state index in [0.717, 1.165) is 6.07 Å². The summed E-state index contributed by atoms with van der Waals surface area (Å²) in [7, 11) is -4.33. The molecule has 0 radical (unpaired) electrons. The summed E-state index contributed by atoms with van der Waals surface area (Å²) < 4.78 is 35.3. The van der Waals surface area contributed by atoms with Crippen molar-refractivity contribution >= 4 is 26.8 Å². The van der Waals surface area contributed by atoms with Crippen molar-refractivity contribution in [1.29, 1.82) is 0 Å². The number of hydrogen-bond donors (Lipinski definition) is 0. The van der Waals surface area contributed by atoms with Gasteiger partial charge < -0.3 is 8.60 Å². The van der Waals surface area contributed by atoms with Crippen LogP contribution in [0.15, 0.2) is 56.6 Å². The van der Waals surface area contributed by atoms with Crippen LogP contribution in [0, 0.1) is 24.0 Å². The predicted octanol–water partition coefficient (Wildman–Crippen LogP) is 3.09. The Hall–Kier alpha value is -3.20. The zero-order valence-corrected chi connectivity index (χ0v) is 14.6. The number of nitrogens with zero attached hydrogens (tertiary/aromatic N) is 1. The molecule has 1 heterocycles. The molecule has 3 rings (SSSR count). The van der Waals surface area contributed by atoms with Crippen LogP contribution in [-0.2, 0) is 10.1 Å². The Morgan fingerprint density at radius 3 is 2.46 bits per heavy atom. The van der Waals surface area contributed by atoms with Crippen LogP contribution in [0.5, 0.6) is 5.75 Å². The molecular formula is C17H13NO7S. The molecule has 9 heteroatoms. The maximum absolute atomic E-state index is 12.6. The van der Waals surface area contributed by atoms with Crippen LogP contribution < -0.4 is 9.81 Å². The van der Waals surface area contributed by atoms with Gasteiger partial charge in [-0.05, 0) is 43.2 Å². The van der Waals surface area contributed by atoms with Gasteiger partial charge in [0.2, 0.25) is 0 Å². The second-order valence-electron chi connectivity index (χ2n) is 5.63. The molecule has 0 unspecified atom stereocenters. The quantitative estimate of drug-likeness (QED) is 0.298. The Balaban J connectivity index is 2.07. The summed E-state index contributed by atoms with van der Waals surface area (Å²) in [6.07, 6.45) is 0. The summed E-state index contributed by atoms with van der Waals surface area (Å²) >= 11 is 0. The maximum Gasteiger partial charge on any atom is 0.339 e. The lowest BCUT2D eigenvalue weighted by molar-refractivity contribution is -0.385. The molecule has 0 aliphatic carbocycles. The van der Waals surface area contributed by atoms with Gasteiger partial charge in [0, 0.05) is 29.7 Å². The number of non-ortho nitro benzene ring substituents is 1. The molecule has 0 amide bonds. The average Bonchev–Trinajstić information content (AvgIpc) is 2.56. The summed E-state index contributed by atoms with van der Waals surface area (Å²) in [5.74, 6) is -0.0737. The number of fused-ring (bicyclic) bond motifs is 1. The Bertz CT molecular complexity index is 1200. The SMILES string of the molecule is Cc1cc([N+](=O)[O-])cc(S(=O)(=O)Oc2ccc3ccc(=O)oc3c2)c1C. The number of nitro benzene ring substituents is 1. The fourth-order valence-electron chi connectivity index (χ4n) is 2.44. The highest BCUT2D eigenvalue weighted by molar-refractivity contribution is 7.87. The zero-order valence-electron chi connectivity index (χ0n) is 13.8. The summed E-state index contributed by atoms with van der Waals surface area (Å²) in [6, 6.07) is 9.24. The highest BCUT2D eigenvalue weighted by Crippen LogP contribution is 2.29. The number of benzene rings is 2. The van der Waals surface area contributed by atoms with E-state index in [1.807, 2.05) is 0 Å². The Labute approximate surface area is 147 Å². The molecule has 0 saturated heterocycles. The van der Waals surface area contributed by atoms with E-state index in [4.69, 9.17) is 8.60 Å². The van der Waals surface area contributed by atoms with Gasteiger partial charge in [0.1, 0.15) is 16.2 Å². The van der Waals surface area contributed by atoms with Gasteiger partial charge in [-0.2, -0.15) is 8.42 Å². The molecule has 0 fully saturated rings. The van der Waals surface area contributed by atoms with E-state index in [2.05, 4.69) is 0 Å². The first-order chi connectivity index (χ1) is 12.2. The third-order valence-corrected chi connectivity index (χ3v) is 5.26. The van der Waals surface area contributed by atoms with Gasteiger partial charge in [0.05, 0.1) is 4.92 Å². The van der Waals surface area contributed by atoms with Crippen molar-refractivity contribution in [2.45, 2.75) is 18.7 Å². The molecule has 0 bridgehead atoms. The van der Waals surface area contributed by atoms with Crippen molar-refractivity contribution < 1.29 is 21.9 Å². The van der Waals surface area contributed by atoms with Crippen molar-refractivity contribution in [1.82, 2.24) is 0 Å². The number of hydrogen-bond acceptors (Lipinski definition) is 7. The third kappa shape index (κ3) is 3.29. The molecule has 26 heavy (non-hydrogen) atoms. The van der Waals surface area contributed by atoms with E-state index in [1.54, 1.807) is 6.92 Å². The smallest absolute Gasteiger partial charge is 0.339 e. The number of nitro groups is 1. The number of rotatable bonds is 4. The van der Waals surface area contributed by atoms with Crippen LogP contribution >= 0.6 is 0 Å². The van der Waals surface area contributed by atoms with Crippen LogP contribution in [0.25, 0.3) is 11.0 Å². The molecule has 8 nitrogen and oxygen atoms in total. The Kier molecular flexibility index (Phi) is 4.25. The maximum atomic E-state index is 12.6. The minimum Gasteiger partial charge on any atom is -0.423 e. The Morgan fingerprint density at radius 1 is 1.08 bits per heavy atom. The average molecular weight is 375 g/mol. The molecule has 3 aromatic rings. The minimum atomic E-state index is -4.33. The van der Waals surface area contributed by atoms with Crippen molar-refractivity contribution in [3.05, 3.63) is 74.1 Å².